The van der Waals surface area contributed by atoms with Gasteiger partial charge in [-0.25, -0.2) is 0 Å². The SMILES string of the molecule is CC(C)(O)C(=O)c1ccc(OCCOOC(=C(F)F)C(F)(F)C(F)(F)C(F)(F)C(F)(F)C(F)(F)C(F)(F)F)cc1. The number of hydrogen-bond acceptors (Lipinski definition) is 5. The van der Waals surface area contributed by atoms with Gasteiger partial charge < -0.3 is 14.7 Å². The van der Waals surface area contributed by atoms with Crippen molar-refractivity contribution in [2.75, 3.05) is 13.2 Å². The van der Waals surface area contributed by atoms with Crippen LogP contribution >= 0.6 is 0 Å². The van der Waals surface area contributed by atoms with E-state index in [4.69, 9.17) is 4.74 Å². The van der Waals surface area contributed by atoms with Gasteiger partial charge in [0.15, 0.2) is 5.78 Å². The van der Waals surface area contributed by atoms with Crippen LogP contribution < -0.4 is 4.74 Å². The van der Waals surface area contributed by atoms with Gasteiger partial charge in [-0.05, 0) is 38.1 Å². The zero-order chi connectivity index (χ0) is 31.8. The molecule has 1 N–H and O–H groups in total. The molecule has 0 aromatic heterocycles. The lowest BCUT2D eigenvalue weighted by molar-refractivity contribution is -0.441. The number of aliphatic hydroxyl groups is 1. The van der Waals surface area contributed by atoms with Crippen LogP contribution in [0.15, 0.2) is 36.1 Å². The first-order valence-electron chi connectivity index (χ1n) is 9.99. The average molecular weight is 620 g/mol. The third kappa shape index (κ3) is 6.36. The van der Waals surface area contributed by atoms with Gasteiger partial charge in [0.1, 0.15) is 24.6 Å². The number of carbonyl (C=O) groups is 1. The van der Waals surface area contributed by atoms with E-state index in [1.807, 2.05) is 0 Å². The summed E-state index contributed by atoms with van der Waals surface area (Å²) >= 11 is 0. The van der Waals surface area contributed by atoms with Crippen molar-refractivity contribution in [3.63, 3.8) is 0 Å². The number of hydrogen-bond donors (Lipinski definition) is 1. The Hall–Kier alpha value is -2.90. The Morgan fingerprint density at radius 1 is 0.725 bits per heavy atom. The number of halogens is 15. The molecule has 0 heterocycles. The van der Waals surface area contributed by atoms with Gasteiger partial charge in [0, 0.05) is 5.56 Å². The number of Topliss-reactive ketones (excluding diaryl/α,β-unsaturated/α-hetero) is 1. The maximum Gasteiger partial charge on any atom is 0.460 e. The first-order valence-corrected chi connectivity index (χ1v) is 9.99. The Kier molecular flexibility index (Phi) is 9.81. The first-order chi connectivity index (χ1) is 17.7. The Morgan fingerprint density at radius 2 is 1.18 bits per heavy atom. The van der Waals surface area contributed by atoms with Crippen LogP contribution in [0.3, 0.4) is 0 Å². The monoisotopic (exact) mass is 620 g/mol. The summed E-state index contributed by atoms with van der Waals surface area (Å²) in [5.41, 5.74) is -1.78. The number of ether oxygens (including phenoxy) is 1. The maximum atomic E-state index is 13.9. The van der Waals surface area contributed by atoms with Crippen LogP contribution in [-0.4, -0.2) is 65.5 Å². The van der Waals surface area contributed by atoms with Gasteiger partial charge in [0.2, 0.25) is 0 Å². The minimum Gasteiger partial charge on any atom is -0.491 e. The minimum absolute atomic E-state index is 0.0221. The summed E-state index contributed by atoms with van der Waals surface area (Å²) in [7, 11) is 0. The molecule has 1 aromatic carbocycles. The molecule has 1 rings (SSSR count). The fourth-order valence-electron chi connectivity index (χ4n) is 2.46. The molecule has 0 radical (unpaired) electrons. The van der Waals surface area contributed by atoms with Crippen molar-refractivity contribution >= 4 is 5.78 Å². The zero-order valence-electron chi connectivity index (χ0n) is 19.5. The van der Waals surface area contributed by atoms with E-state index in [1.54, 1.807) is 0 Å². The molecular weight excluding hydrogens is 605 g/mol. The predicted octanol–water partition coefficient (Wildman–Crippen LogP) is 6.81. The van der Waals surface area contributed by atoms with Crippen molar-refractivity contribution in [1.82, 2.24) is 0 Å². The standard InChI is InChI=1S/C20H15F15O5/c1-14(2,37)11(36)9-3-5-10(6-4-9)38-7-8-39-40-12(13(21)22)15(23,24)16(25,26)17(27,28)18(29,30)19(31,32)20(33,34)35/h3-6,37H,7-8H2,1-2H3. The number of benzene rings is 1. The van der Waals surface area contributed by atoms with Crippen molar-refractivity contribution < 1.29 is 90.3 Å². The lowest BCUT2D eigenvalue weighted by Crippen LogP contribution is -2.70. The molecule has 1 aromatic rings. The molecule has 0 fully saturated rings. The summed E-state index contributed by atoms with van der Waals surface area (Å²) in [6.45, 7) is 0.184. The normalized spacial score (nSPS) is 14.2. The van der Waals surface area contributed by atoms with E-state index in [1.165, 1.54) is 13.8 Å². The van der Waals surface area contributed by atoms with E-state index < -0.39 is 72.2 Å². The van der Waals surface area contributed by atoms with E-state index in [-0.39, 0.29) is 11.3 Å². The third-order valence-corrected chi connectivity index (χ3v) is 4.64. The van der Waals surface area contributed by atoms with Crippen LogP contribution in [0.1, 0.15) is 24.2 Å². The predicted molar refractivity (Wildman–Crippen MR) is 99.6 cm³/mol. The second-order valence-electron chi connectivity index (χ2n) is 8.13. The fourth-order valence-corrected chi connectivity index (χ4v) is 2.46. The largest absolute Gasteiger partial charge is 0.491 e. The van der Waals surface area contributed by atoms with E-state index in [2.05, 4.69) is 9.78 Å². The van der Waals surface area contributed by atoms with Crippen molar-refractivity contribution in [2.45, 2.75) is 55.2 Å². The molecule has 20 heteroatoms. The van der Waals surface area contributed by atoms with Crippen molar-refractivity contribution in [1.29, 1.82) is 0 Å². The zero-order valence-corrected chi connectivity index (χ0v) is 19.5. The van der Waals surface area contributed by atoms with Crippen LogP contribution in [0, 0.1) is 0 Å². The van der Waals surface area contributed by atoms with Gasteiger partial charge in [-0.1, -0.05) is 0 Å². The van der Waals surface area contributed by atoms with Crippen LogP contribution in [-0.2, 0) is 9.78 Å². The maximum absolute atomic E-state index is 13.9. The number of alkyl halides is 13. The quantitative estimate of drug-likeness (QED) is 0.0656. The summed E-state index contributed by atoms with van der Waals surface area (Å²) in [5.74, 6) is -44.8. The summed E-state index contributed by atoms with van der Waals surface area (Å²) in [6.07, 6.45) is -11.8. The molecule has 230 valence electrons. The smallest absolute Gasteiger partial charge is 0.460 e. The van der Waals surface area contributed by atoms with Crippen molar-refractivity contribution in [2.24, 2.45) is 0 Å². The molecule has 0 bridgehead atoms. The molecule has 5 nitrogen and oxygen atoms in total. The van der Waals surface area contributed by atoms with E-state index >= 15 is 0 Å². The van der Waals surface area contributed by atoms with Gasteiger partial charge >= 0.3 is 41.9 Å². The molecule has 0 atom stereocenters. The van der Waals surface area contributed by atoms with Gasteiger partial charge in [0.25, 0.3) is 5.76 Å². The topological polar surface area (TPSA) is 65.0 Å². The molecule has 0 amide bonds. The van der Waals surface area contributed by atoms with Gasteiger partial charge in [-0.3, -0.25) is 4.79 Å². The molecule has 0 saturated heterocycles. The van der Waals surface area contributed by atoms with Crippen molar-refractivity contribution in [3.8, 4) is 5.75 Å². The molecule has 0 aliphatic carbocycles. The third-order valence-electron chi connectivity index (χ3n) is 4.64. The Balaban J connectivity index is 3.02. The summed E-state index contributed by atoms with van der Waals surface area (Å²) in [6, 6.07) is 4.40. The van der Waals surface area contributed by atoms with Gasteiger partial charge in [-0.15, -0.1) is 0 Å². The second-order valence-corrected chi connectivity index (χ2v) is 8.13. The Labute approximate surface area is 213 Å². The molecule has 40 heavy (non-hydrogen) atoms. The number of ketones is 1. The number of carbonyl (C=O) groups excluding carboxylic acids is 1. The lowest BCUT2D eigenvalue weighted by Gasteiger charge is -2.39. The van der Waals surface area contributed by atoms with E-state index in [0.29, 0.717) is 0 Å². The van der Waals surface area contributed by atoms with Crippen LogP contribution in [0.4, 0.5) is 65.9 Å². The number of allylic oxidation sites excluding steroid dienone is 1. The average Bonchev–Trinajstić information content (AvgIpc) is 2.78. The van der Waals surface area contributed by atoms with Crippen LogP contribution in [0.5, 0.6) is 5.75 Å². The van der Waals surface area contributed by atoms with E-state index in [0.717, 1.165) is 24.3 Å². The second kappa shape index (κ2) is 11.2. The highest BCUT2D eigenvalue weighted by Gasteiger charge is 2.91. The fraction of sp³-hybridized carbons (Fsp3) is 0.550. The molecule has 0 aliphatic rings. The van der Waals surface area contributed by atoms with Gasteiger partial charge in [-0.2, -0.15) is 70.7 Å². The van der Waals surface area contributed by atoms with Crippen LogP contribution in [0.2, 0.25) is 0 Å². The number of rotatable bonds is 13. The first kappa shape index (κ1) is 35.1. The summed E-state index contributed by atoms with van der Waals surface area (Å²) in [5, 5.41) is 9.63. The molecule has 0 unspecified atom stereocenters. The van der Waals surface area contributed by atoms with E-state index in [9.17, 15) is 75.8 Å². The highest BCUT2D eigenvalue weighted by Crippen LogP contribution is 2.61. The molecule has 0 saturated carbocycles. The Bertz CT molecular complexity index is 1070. The minimum atomic E-state index is -8.31. The summed E-state index contributed by atoms with van der Waals surface area (Å²) in [4.78, 5) is 18.6. The van der Waals surface area contributed by atoms with Crippen molar-refractivity contribution in [3.05, 3.63) is 41.7 Å². The molecule has 0 spiro atoms. The lowest BCUT2D eigenvalue weighted by atomic mass is 9.93. The highest BCUT2D eigenvalue weighted by atomic mass is 19.4. The molecule has 0 aliphatic heterocycles. The molecular formula is C20H15F15O5. The highest BCUT2D eigenvalue weighted by molar-refractivity contribution is 6.01. The van der Waals surface area contributed by atoms with Crippen LogP contribution in [0.25, 0.3) is 0 Å². The summed E-state index contributed by atoms with van der Waals surface area (Å²) < 4.78 is 201. The Morgan fingerprint density at radius 3 is 1.57 bits per heavy atom. The van der Waals surface area contributed by atoms with Gasteiger partial charge in [0.05, 0.1) is 0 Å².